The normalized spacial score (nSPS) is 14.0. The van der Waals surface area contributed by atoms with E-state index in [2.05, 4.69) is 9.97 Å². The molecular formula is C26H25N5O2. The van der Waals surface area contributed by atoms with Crippen LogP contribution in [-0.2, 0) is 6.54 Å². The molecule has 0 saturated carbocycles. The van der Waals surface area contributed by atoms with E-state index in [1.165, 1.54) is 0 Å². The molecule has 1 fully saturated rings. The molecule has 2 aromatic heterocycles. The largest absolute Gasteiger partial charge is 0.348 e. The van der Waals surface area contributed by atoms with Crippen molar-refractivity contribution in [1.29, 1.82) is 0 Å². The summed E-state index contributed by atoms with van der Waals surface area (Å²) in [5.41, 5.74) is 3.81. The van der Waals surface area contributed by atoms with Gasteiger partial charge in [-0.2, -0.15) is 0 Å². The molecule has 2 aromatic carbocycles. The van der Waals surface area contributed by atoms with E-state index in [9.17, 15) is 9.59 Å². The van der Waals surface area contributed by atoms with Crippen LogP contribution in [0.5, 0.6) is 0 Å². The average molecular weight is 440 g/mol. The van der Waals surface area contributed by atoms with Crippen molar-refractivity contribution in [3.63, 3.8) is 0 Å². The number of aryl methyl sites for hydroxylation is 1. The van der Waals surface area contributed by atoms with Crippen LogP contribution in [0.25, 0.3) is 11.2 Å². The average Bonchev–Trinajstić information content (AvgIpc) is 2.86. The topological polar surface area (TPSA) is 71.3 Å². The van der Waals surface area contributed by atoms with Crippen LogP contribution in [-0.4, -0.2) is 51.5 Å². The third-order valence-electron chi connectivity index (χ3n) is 6.11. The predicted octanol–water partition coefficient (Wildman–Crippen LogP) is 3.11. The Morgan fingerprint density at radius 2 is 1.64 bits per heavy atom. The van der Waals surface area contributed by atoms with Gasteiger partial charge in [-0.1, -0.05) is 48.5 Å². The maximum Gasteiger partial charge on any atom is 0.295 e. The molecule has 0 aliphatic carbocycles. The van der Waals surface area contributed by atoms with Gasteiger partial charge in [0.15, 0.2) is 11.5 Å². The number of rotatable bonds is 4. The lowest BCUT2D eigenvalue weighted by Gasteiger charge is -2.35. The van der Waals surface area contributed by atoms with Gasteiger partial charge in [-0.05, 0) is 36.2 Å². The molecule has 1 saturated heterocycles. The van der Waals surface area contributed by atoms with Crippen LogP contribution >= 0.6 is 0 Å². The van der Waals surface area contributed by atoms with E-state index in [-0.39, 0.29) is 11.5 Å². The van der Waals surface area contributed by atoms with Crippen molar-refractivity contribution in [2.75, 3.05) is 31.1 Å². The number of piperazine rings is 1. The molecule has 0 radical (unpaired) electrons. The molecule has 1 amide bonds. The Morgan fingerprint density at radius 1 is 0.909 bits per heavy atom. The number of aromatic nitrogens is 3. The molecule has 1 aliphatic heterocycles. The smallest absolute Gasteiger partial charge is 0.295 e. The van der Waals surface area contributed by atoms with Gasteiger partial charge in [0.25, 0.3) is 11.5 Å². The first-order valence-corrected chi connectivity index (χ1v) is 11.1. The Bertz CT molecular complexity index is 1360. The number of fused-ring (bicyclic) bond motifs is 1. The zero-order valence-corrected chi connectivity index (χ0v) is 18.5. The fourth-order valence-corrected chi connectivity index (χ4v) is 4.29. The second kappa shape index (κ2) is 8.86. The molecule has 0 atom stereocenters. The summed E-state index contributed by atoms with van der Waals surface area (Å²) in [7, 11) is 0. The van der Waals surface area contributed by atoms with Gasteiger partial charge in [0, 0.05) is 37.9 Å². The SMILES string of the molecule is Cc1ccccc1C(=O)N1CCN(c2nc3cccnc3n(Cc3ccccc3)c2=O)CC1. The fourth-order valence-electron chi connectivity index (χ4n) is 4.29. The molecule has 33 heavy (non-hydrogen) atoms. The van der Waals surface area contributed by atoms with E-state index in [1.807, 2.05) is 83.5 Å². The van der Waals surface area contributed by atoms with Gasteiger partial charge in [-0.15, -0.1) is 0 Å². The molecule has 7 heteroatoms. The van der Waals surface area contributed by atoms with E-state index in [0.717, 1.165) is 16.7 Å². The molecule has 3 heterocycles. The van der Waals surface area contributed by atoms with Crippen LogP contribution in [0.15, 0.2) is 77.7 Å². The highest BCUT2D eigenvalue weighted by Crippen LogP contribution is 2.18. The lowest BCUT2D eigenvalue weighted by atomic mass is 10.1. The Labute approximate surface area is 191 Å². The maximum atomic E-state index is 13.5. The number of hydrogen-bond donors (Lipinski definition) is 0. The first-order valence-electron chi connectivity index (χ1n) is 11.1. The highest BCUT2D eigenvalue weighted by Gasteiger charge is 2.26. The molecule has 7 nitrogen and oxygen atoms in total. The third kappa shape index (κ3) is 4.09. The molecule has 5 rings (SSSR count). The Kier molecular flexibility index (Phi) is 5.60. The van der Waals surface area contributed by atoms with Crippen LogP contribution in [0.4, 0.5) is 5.82 Å². The van der Waals surface area contributed by atoms with Crippen LogP contribution < -0.4 is 10.5 Å². The monoisotopic (exact) mass is 439 g/mol. The van der Waals surface area contributed by atoms with Crippen molar-refractivity contribution < 1.29 is 4.79 Å². The lowest BCUT2D eigenvalue weighted by Crippen LogP contribution is -2.50. The number of benzene rings is 2. The molecule has 0 bridgehead atoms. The van der Waals surface area contributed by atoms with Crippen molar-refractivity contribution in [3.05, 3.63) is 100.0 Å². The molecule has 0 spiro atoms. The maximum absolute atomic E-state index is 13.5. The molecule has 4 aromatic rings. The van der Waals surface area contributed by atoms with Crippen molar-refractivity contribution in [3.8, 4) is 0 Å². The summed E-state index contributed by atoms with van der Waals surface area (Å²) in [6.45, 7) is 4.56. The first kappa shape index (κ1) is 20.9. The van der Waals surface area contributed by atoms with Gasteiger partial charge in [-0.25, -0.2) is 9.97 Å². The van der Waals surface area contributed by atoms with Crippen molar-refractivity contribution >= 4 is 22.9 Å². The van der Waals surface area contributed by atoms with Gasteiger partial charge in [0.2, 0.25) is 0 Å². The van der Waals surface area contributed by atoms with Crippen LogP contribution in [0, 0.1) is 6.92 Å². The molecule has 0 unspecified atom stereocenters. The predicted molar refractivity (Wildman–Crippen MR) is 129 cm³/mol. The third-order valence-corrected chi connectivity index (χ3v) is 6.11. The number of nitrogens with zero attached hydrogens (tertiary/aromatic N) is 5. The van der Waals surface area contributed by atoms with Crippen LogP contribution in [0.3, 0.4) is 0 Å². The minimum Gasteiger partial charge on any atom is -0.348 e. The van der Waals surface area contributed by atoms with Gasteiger partial charge < -0.3 is 9.80 Å². The van der Waals surface area contributed by atoms with E-state index >= 15 is 0 Å². The Balaban J connectivity index is 1.43. The standard InChI is InChI=1S/C26H25N5O2/c1-19-8-5-6-11-21(19)25(32)30-16-14-29(15-17-30)24-26(33)31(18-20-9-3-2-4-10-20)23-22(28-24)12-7-13-27-23/h2-13H,14-18H2,1H3. The highest BCUT2D eigenvalue weighted by molar-refractivity contribution is 5.95. The number of amides is 1. The van der Waals surface area contributed by atoms with Gasteiger partial charge in [0.1, 0.15) is 5.52 Å². The van der Waals surface area contributed by atoms with Crippen LogP contribution in [0.1, 0.15) is 21.5 Å². The van der Waals surface area contributed by atoms with Gasteiger partial charge in [-0.3, -0.25) is 14.2 Å². The summed E-state index contributed by atoms with van der Waals surface area (Å²) in [5.74, 6) is 0.444. The van der Waals surface area contributed by atoms with E-state index in [4.69, 9.17) is 0 Å². The summed E-state index contributed by atoms with van der Waals surface area (Å²) < 4.78 is 1.69. The minimum absolute atomic E-state index is 0.0323. The second-order valence-electron chi connectivity index (χ2n) is 8.25. The first-order chi connectivity index (χ1) is 16.1. The zero-order chi connectivity index (χ0) is 22.8. The number of carbonyl (C=O) groups excluding carboxylic acids is 1. The van der Waals surface area contributed by atoms with Gasteiger partial charge >= 0.3 is 0 Å². The Hall–Kier alpha value is -4.00. The summed E-state index contributed by atoms with van der Waals surface area (Å²) in [4.78, 5) is 39.4. The quantitative estimate of drug-likeness (QED) is 0.489. The number of hydrogen-bond acceptors (Lipinski definition) is 5. The number of pyridine rings is 1. The molecule has 1 aliphatic rings. The Morgan fingerprint density at radius 3 is 2.39 bits per heavy atom. The van der Waals surface area contributed by atoms with Crippen LogP contribution in [0.2, 0.25) is 0 Å². The summed E-state index contributed by atoms with van der Waals surface area (Å²) >= 11 is 0. The highest BCUT2D eigenvalue weighted by atomic mass is 16.2. The molecule has 166 valence electrons. The zero-order valence-electron chi connectivity index (χ0n) is 18.5. The second-order valence-corrected chi connectivity index (χ2v) is 8.25. The lowest BCUT2D eigenvalue weighted by molar-refractivity contribution is 0.0745. The summed E-state index contributed by atoms with van der Waals surface area (Å²) in [5, 5.41) is 0. The molecular weight excluding hydrogens is 414 g/mol. The summed E-state index contributed by atoms with van der Waals surface area (Å²) in [6, 6.07) is 21.2. The van der Waals surface area contributed by atoms with E-state index < -0.39 is 0 Å². The van der Waals surface area contributed by atoms with Gasteiger partial charge in [0.05, 0.1) is 6.54 Å². The minimum atomic E-state index is -0.163. The van der Waals surface area contributed by atoms with Crippen molar-refractivity contribution in [2.45, 2.75) is 13.5 Å². The van der Waals surface area contributed by atoms with E-state index in [0.29, 0.717) is 49.7 Å². The fraction of sp³-hybridized carbons (Fsp3) is 0.231. The number of anilines is 1. The number of carbonyl (C=O) groups is 1. The van der Waals surface area contributed by atoms with Crippen molar-refractivity contribution in [2.24, 2.45) is 0 Å². The van der Waals surface area contributed by atoms with Crippen molar-refractivity contribution in [1.82, 2.24) is 19.4 Å². The molecule has 0 N–H and O–H groups in total. The van der Waals surface area contributed by atoms with E-state index in [1.54, 1.807) is 10.8 Å². The summed E-state index contributed by atoms with van der Waals surface area (Å²) in [6.07, 6.45) is 1.68.